The molecule has 1 N–H and O–H groups in total. The number of morpholine rings is 1. The van der Waals surface area contributed by atoms with E-state index in [0.717, 1.165) is 70.3 Å². The average Bonchev–Trinajstić information content (AvgIpc) is 3.33. The van der Waals surface area contributed by atoms with E-state index < -0.39 is 0 Å². The average molecular weight is 383 g/mol. The van der Waals surface area contributed by atoms with Gasteiger partial charge in [0.2, 0.25) is 0 Å². The van der Waals surface area contributed by atoms with E-state index >= 15 is 0 Å². The summed E-state index contributed by atoms with van der Waals surface area (Å²) in [7, 11) is 0. The number of hydrogen-bond donors (Lipinski definition) is 1. The van der Waals surface area contributed by atoms with Gasteiger partial charge in [0, 0.05) is 51.4 Å². The van der Waals surface area contributed by atoms with Crippen LogP contribution in [0.1, 0.15) is 55.4 Å². The number of likely N-dealkylation sites (tertiary alicyclic amines) is 1. The lowest BCUT2D eigenvalue weighted by Crippen LogP contribution is -2.56. The van der Waals surface area contributed by atoms with Crippen LogP contribution in [0.25, 0.3) is 0 Å². The molecule has 2 aromatic rings. The molecule has 2 saturated heterocycles. The molecule has 7 nitrogen and oxygen atoms in total. The number of aromatic amines is 1. The minimum Gasteiger partial charge on any atom is -0.448 e. The molecular formula is C21H29N5O2. The van der Waals surface area contributed by atoms with Crippen LogP contribution in [0, 0.1) is 11.3 Å². The Bertz CT molecular complexity index is 826. The highest BCUT2D eigenvalue weighted by Gasteiger charge is 2.39. The highest BCUT2D eigenvalue weighted by Crippen LogP contribution is 2.31. The summed E-state index contributed by atoms with van der Waals surface area (Å²) in [6.07, 6.45) is 5.81. The Morgan fingerprint density at radius 2 is 2.07 bits per heavy atom. The molecule has 7 heteroatoms. The maximum atomic E-state index is 8.96. The Morgan fingerprint density at radius 3 is 2.75 bits per heavy atom. The van der Waals surface area contributed by atoms with Gasteiger partial charge >= 0.3 is 0 Å². The SMILES string of the molecule is CC(C)c1nc(CN2CCOC3(CCN(Cc4c[nH]c(C#N)c4)CC3)C2)co1. The third-order valence-corrected chi connectivity index (χ3v) is 5.81. The van der Waals surface area contributed by atoms with Gasteiger partial charge in [0.15, 0.2) is 5.89 Å². The van der Waals surface area contributed by atoms with Crippen LogP contribution in [0.4, 0.5) is 0 Å². The molecule has 1 spiro atoms. The van der Waals surface area contributed by atoms with E-state index in [1.165, 1.54) is 5.56 Å². The fourth-order valence-corrected chi connectivity index (χ4v) is 4.22. The third kappa shape index (κ3) is 4.30. The van der Waals surface area contributed by atoms with E-state index in [1.54, 1.807) is 6.26 Å². The molecule has 0 radical (unpaired) electrons. The molecule has 0 unspecified atom stereocenters. The zero-order chi connectivity index (χ0) is 19.6. The van der Waals surface area contributed by atoms with Crippen LogP contribution >= 0.6 is 0 Å². The number of nitrogens with one attached hydrogen (secondary N) is 1. The standard InChI is InChI=1S/C21H29N5O2/c1-16(2)20-24-19(14-27-20)13-26-7-8-28-21(15-26)3-5-25(6-4-21)12-17-9-18(10-22)23-11-17/h9,11,14,16,23H,3-8,12-13,15H2,1-2H3. The lowest BCUT2D eigenvalue weighted by Gasteiger charge is -2.47. The minimum atomic E-state index is -0.0463. The van der Waals surface area contributed by atoms with Crippen LogP contribution in [-0.4, -0.2) is 58.2 Å². The Balaban J connectivity index is 1.31. The fraction of sp³-hybridized carbons (Fsp3) is 0.619. The van der Waals surface area contributed by atoms with Gasteiger partial charge in [0.05, 0.1) is 17.9 Å². The van der Waals surface area contributed by atoms with Crippen LogP contribution < -0.4 is 0 Å². The second kappa shape index (κ2) is 8.08. The summed E-state index contributed by atoms with van der Waals surface area (Å²) in [5, 5.41) is 8.96. The van der Waals surface area contributed by atoms with Crippen molar-refractivity contribution in [1.82, 2.24) is 19.8 Å². The van der Waals surface area contributed by atoms with Gasteiger partial charge < -0.3 is 14.1 Å². The first-order chi connectivity index (χ1) is 13.5. The summed E-state index contributed by atoms with van der Waals surface area (Å²) in [6, 6.07) is 4.09. The number of H-pyrrole nitrogens is 1. The van der Waals surface area contributed by atoms with Crippen LogP contribution in [0.15, 0.2) is 22.9 Å². The summed E-state index contributed by atoms with van der Waals surface area (Å²) >= 11 is 0. The molecule has 0 atom stereocenters. The number of oxazole rings is 1. The molecule has 2 aliphatic heterocycles. The number of ether oxygens (including phenoxy) is 1. The monoisotopic (exact) mass is 383 g/mol. The minimum absolute atomic E-state index is 0.0463. The van der Waals surface area contributed by atoms with E-state index in [-0.39, 0.29) is 5.60 Å². The predicted octanol–water partition coefficient (Wildman–Crippen LogP) is 2.86. The normalized spacial score (nSPS) is 20.6. The van der Waals surface area contributed by atoms with E-state index in [4.69, 9.17) is 14.4 Å². The van der Waals surface area contributed by atoms with Crippen molar-refractivity contribution in [3.8, 4) is 6.07 Å². The highest BCUT2D eigenvalue weighted by atomic mass is 16.5. The molecule has 150 valence electrons. The Labute approximate surface area is 166 Å². The van der Waals surface area contributed by atoms with Crippen LogP contribution in [0.5, 0.6) is 0 Å². The summed E-state index contributed by atoms with van der Waals surface area (Å²) in [5.41, 5.74) is 2.77. The molecule has 2 aliphatic rings. The van der Waals surface area contributed by atoms with Gasteiger partial charge in [-0.2, -0.15) is 5.26 Å². The molecule has 2 fully saturated rings. The van der Waals surface area contributed by atoms with Crippen LogP contribution in [0.3, 0.4) is 0 Å². The topological polar surface area (TPSA) is 81.3 Å². The summed E-state index contributed by atoms with van der Waals surface area (Å²) in [6.45, 7) is 10.6. The molecule has 0 aromatic carbocycles. The van der Waals surface area contributed by atoms with E-state index in [1.807, 2.05) is 12.3 Å². The van der Waals surface area contributed by atoms with Gasteiger partial charge in [-0.1, -0.05) is 13.8 Å². The van der Waals surface area contributed by atoms with Crippen molar-refractivity contribution < 1.29 is 9.15 Å². The molecule has 0 saturated carbocycles. The quantitative estimate of drug-likeness (QED) is 0.855. The molecule has 28 heavy (non-hydrogen) atoms. The van der Waals surface area contributed by atoms with Crippen molar-refractivity contribution >= 4 is 0 Å². The Morgan fingerprint density at radius 1 is 1.25 bits per heavy atom. The zero-order valence-electron chi connectivity index (χ0n) is 16.8. The van der Waals surface area contributed by atoms with E-state index in [9.17, 15) is 0 Å². The molecule has 0 bridgehead atoms. The van der Waals surface area contributed by atoms with E-state index in [2.05, 4.69) is 39.7 Å². The van der Waals surface area contributed by atoms with E-state index in [0.29, 0.717) is 11.6 Å². The molecular weight excluding hydrogens is 354 g/mol. The second-order valence-corrected chi connectivity index (χ2v) is 8.38. The first kappa shape index (κ1) is 19.2. The second-order valence-electron chi connectivity index (χ2n) is 8.38. The zero-order valence-corrected chi connectivity index (χ0v) is 16.8. The summed E-state index contributed by atoms with van der Waals surface area (Å²) < 4.78 is 11.9. The van der Waals surface area contributed by atoms with Crippen molar-refractivity contribution in [2.24, 2.45) is 0 Å². The van der Waals surface area contributed by atoms with Gasteiger partial charge in [-0.25, -0.2) is 4.98 Å². The molecule has 0 amide bonds. The van der Waals surface area contributed by atoms with Crippen molar-refractivity contribution in [3.05, 3.63) is 41.4 Å². The Hall–Kier alpha value is -2.14. The van der Waals surface area contributed by atoms with Gasteiger partial charge in [0.1, 0.15) is 18.0 Å². The largest absolute Gasteiger partial charge is 0.448 e. The highest BCUT2D eigenvalue weighted by molar-refractivity contribution is 5.26. The van der Waals surface area contributed by atoms with Gasteiger partial charge in [-0.15, -0.1) is 0 Å². The van der Waals surface area contributed by atoms with Gasteiger partial charge in [0.25, 0.3) is 0 Å². The lowest BCUT2D eigenvalue weighted by atomic mass is 9.89. The maximum absolute atomic E-state index is 8.96. The molecule has 4 heterocycles. The number of hydrogen-bond acceptors (Lipinski definition) is 6. The lowest BCUT2D eigenvalue weighted by molar-refractivity contribution is -0.138. The number of aromatic nitrogens is 2. The van der Waals surface area contributed by atoms with Crippen molar-refractivity contribution in [2.45, 2.75) is 51.3 Å². The molecule has 4 rings (SSSR count). The van der Waals surface area contributed by atoms with Crippen molar-refractivity contribution in [2.75, 3.05) is 32.8 Å². The van der Waals surface area contributed by atoms with Gasteiger partial charge in [-0.3, -0.25) is 9.80 Å². The predicted molar refractivity (Wildman–Crippen MR) is 105 cm³/mol. The van der Waals surface area contributed by atoms with Gasteiger partial charge in [-0.05, 0) is 24.5 Å². The number of piperidine rings is 1. The number of rotatable bonds is 5. The Kier molecular flexibility index (Phi) is 5.54. The molecule has 0 aliphatic carbocycles. The molecule has 2 aromatic heterocycles. The first-order valence-corrected chi connectivity index (χ1v) is 10.2. The van der Waals surface area contributed by atoms with Crippen LogP contribution in [-0.2, 0) is 17.8 Å². The maximum Gasteiger partial charge on any atom is 0.196 e. The van der Waals surface area contributed by atoms with Crippen molar-refractivity contribution in [1.29, 1.82) is 5.26 Å². The smallest absolute Gasteiger partial charge is 0.196 e. The number of nitrogens with zero attached hydrogens (tertiary/aromatic N) is 4. The van der Waals surface area contributed by atoms with Crippen molar-refractivity contribution in [3.63, 3.8) is 0 Å². The third-order valence-electron chi connectivity index (χ3n) is 5.81. The summed E-state index contributed by atoms with van der Waals surface area (Å²) in [5.74, 6) is 1.13. The number of nitriles is 1. The first-order valence-electron chi connectivity index (χ1n) is 10.2. The summed E-state index contributed by atoms with van der Waals surface area (Å²) in [4.78, 5) is 12.5. The fourth-order valence-electron chi connectivity index (χ4n) is 4.22. The van der Waals surface area contributed by atoms with Crippen LogP contribution in [0.2, 0.25) is 0 Å².